The third kappa shape index (κ3) is 9.92. The predicted octanol–water partition coefficient (Wildman–Crippen LogP) is 4.27. The van der Waals surface area contributed by atoms with E-state index in [4.69, 9.17) is 0 Å². The van der Waals surface area contributed by atoms with Gasteiger partial charge >= 0.3 is 41.9 Å². The molecule has 0 N–H and O–H groups in total. The third-order valence-corrected chi connectivity index (χ3v) is 7.16. The molecule has 42 heavy (non-hydrogen) atoms. The molecule has 0 fully saturated rings. The summed E-state index contributed by atoms with van der Waals surface area (Å²) in [6, 6.07) is 21.3. The molecule has 4 aliphatic carbocycles. The first-order valence-corrected chi connectivity index (χ1v) is 20.6. The van der Waals surface area contributed by atoms with E-state index in [2.05, 4.69) is 161 Å². The van der Waals surface area contributed by atoms with Crippen LogP contribution in [-0.2, 0) is 23.3 Å². The molecule has 0 nitrogen and oxygen atoms in total. The Bertz CT molecular complexity index is 1330. The molecule has 0 saturated heterocycles. The van der Waals surface area contributed by atoms with Crippen molar-refractivity contribution in [1.82, 2.24) is 0 Å². The van der Waals surface area contributed by atoms with Gasteiger partial charge in [0.2, 0.25) is 0 Å². The quantitative estimate of drug-likeness (QED) is 0.334. The summed E-state index contributed by atoms with van der Waals surface area (Å²) in [7, 11) is 0. The minimum Gasteiger partial charge on any atom is -1.00 e. The normalized spacial score (nSPS) is 19.0. The first kappa shape index (κ1) is 36.0. The molecule has 2 unspecified atom stereocenters. The van der Waals surface area contributed by atoms with E-state index in [-0.39, 0.29) is 30.2 Å². The molecule has 4 heteroatoms. The number of allylic oxidation sites excluding steroid dienone is 16. The molecular weight excluding hydrogens is 647 g/mol. The Labute approximate surface area is 282 Å². The molecule has 2 aromatic carbocycles. The Morgan fingerprint density at radius 1 is 0.571 bits per heavy atom. The number of halogens is 2. The topological polar surface area (TPSA) is 0 Å². The van der Waals surface area contributed by atoms with Crippen LogP contribution in [0.1, 0.15) is 37.8 Å². The van der Waals surface area contributed by atoms with Gasteiger partial charge in [-0.05, 0) is 11.1 Å². The van der Waals surface area contributed by atoms with Gasteiger partial charge < -0.3 is 24.8 Å². The van der Waals surface area contributed by atoms with Crippen LogP contribution in [0.4, 0.5) is 0 Å². The van der Waals surface area contributed by atoms with Crippen LogP contribution in [0.5, 0.6) is 0 Å². The number of fused-ring (bicyclic) bond motifs is 2. The minimum atomic E-state index is 0. The number of rotatable bonds is 4. The molecule has 0 aromatic heterocycles. The van der Waals surface area contributed by atoms with Gasteiger partial charge in [0.25, 0.3) is 0 Å². The van der Waals surface area contributed by atoms with Gasteiger partial charge in [-0.25, -0.2) is 0 Å². The molecular formula is C38H40Cl2SiZr-2. The van der Waals surface area contributed by atoms with Crippen LogP contribution in [0.2, 0.25) is 13.1 Å². The molecule has 216 valence electrons. The van der Waals surface area contributed by atoms with Crippen LogP contribution >= 0.6 is 0 Å². The van der Waals surface area contributed by atoms with Crippen molar-refractivity contribution in [3.8, 4) is 0 Å². The fourth-order valence-corrected chi connectivity index (χ4v) is 5.15. The number of benzene rings is 2. The van der Waals surface area contributed by atoms with E-state index in [9.17, 15) is 0 Å². The van der Waals surface area contributed by atoms with Crippen molar-refractivity contribution in [2.75, 3.05) is 0 Å². The van der Waals surface area contributed by atoms with Crippen molar-refractivity contribution in [1.29, 1.82) is 0 Å². The summed E-state index contributed by atoms with van der Waals surface area (Å²) in [5, 5.41) is 0. The van der Waals surface area contributed by atoms with Crippen LogP contribution in [0.15, 0.2) is 144 Å². The van der Waals surface area contributed by atoms with Gasteiger partial charge in [-0.3, -0.25) is 0 Å². The van der Waals surface area contributed by atoms with E-state index in [0.717, 1.165) is 0 Å². The van der Waals surface area contributed by atoms with Gasteiger partial charge in [0.05, 0.1) is 0 Å². The summed E-state index contributed by atoms with van der Waals surface area (Å²) in [6.07, 6.45) is 29.3. The van der Waals surface area contributed by atoms with Gasteiger partial charge in [0.1, 0.15) is 0 Å². The van der Waals surface area contributed by atoms with Gasteiger partial charge in [0, 0.05) is 0 Å². The molecule has 0 radical (unpaired) electrons. The molecule has 0 heterocycles. The Morgan fingerprint density at radius 2 is 0.905 bits per heavy atom. The zero-order chi connectivity index (χ0) is 28.3. The second kappa shape index (κ2) is 18.4. The van der Waals surface area contributed by atoms with Gasteiger partial charge in [0.15, 0.2) is 0 Å². The van der Waals surface area contributed by atoms with Crippen molar-refractivity contribution >= 4 is 16.6 Å². The molecule has 0 amide bonds. The molecule has 4 aliphatic rings. The third-order valence-electron chi connectivity index (χ3n) is 7.16. The predicted molar refractivity (Wildman–Crippen MR) is 173 cm³/mol. The molecule has 6 rings (SSSR count). The summed E-state index contributed by atoms with van der Waals surface area (Å²) in [5.74, 6) is 1.18. The Morgan fingerprint density at radius 3 is 1.24 bits per heavy atom. The van der Waals surface area contributed by atoms with Crippen LogP contribution in [-0.4, -0.2) is 5.43 Å². The smallest absolute Gasteiger partial charge is 1.00 e. The van der Waals surface area contributed by atoms with E-state index in [1.165, 1.54) is 57.4 Å². The van der Waals surface area contributed by atoms with Crippen molar-refractivity contribution in [2.45, 2.75) is 39.8 Å². The SMILES string of the molecule is CCC1C=C2C(=CC=CC=C2c2ccccc2)[CH-]1.CCC1C=C2C(=CC=CC=C2c2ccccc2)[CH-]1.C[Si](C)=[Zr+2].[Cl-].[Cl-]. The zero-order valence-electron chi connectivity index (χ0n) is 25.0. The molecule has 0 aliphatic heterocycles. The maximum Gasteiger partial charge on any atom is -1.00 e. The summed E-state index contributed by atoms with van der Waals surface area (Å²) < 4.78 is 0. The van der Waals surface area contributed by atoms with Crippen molar-refractivity contribution in [3.05, 3.63) is 168 Å². The first-order valence-electron chi connectivity index (χ1n) is 14.4. The van der Waals surface area contributed by atoms with Crippen molar-refractivity contribution < 1.29 is 48.1 Å². The van der Waals surface area contributed by atoms with E-state index in [0.29, 0.717) is 11.8 Å². The van der Waals surface area contributed by atoms with Crippen LogP contribution in [0.25, 0.3) is 11.1 Å². The van der Waals surface area contributed by atoms with Gasteiger partial charge in [-0.2, -0.15) is 36.1 Å². The molecule has 0 spiro atoms. The number of hydrogen-bond acceptors (Lipinski definition) is 0. The second-order valence-corrected chi connectivity index (χ2v) is 19.9. The van der Waals surface area contributed by atoms with Crippen molar-refractivity contribution in [2.24, 2.45) is 11.8 Å². The summed E-state index contributed by atoms with van der Waals surface area (Å²) >= 11 is 1.74. The molecule has 0 saturated carbocycles. The largest absolute Gasteiger partial charge is 1.00 e. The van der Waals surface area contributed by atoms with Crippen LogP contribution < -0.4 is 24.8 Å². The Kier molecular flexibility index (Phi) is 15.8. The average molecular weight is 687 g/mol. The first-order chi connectivity index (χ1) is 19.5. The maximum atomic E-state index is 2.40. The number of hydrogen-bond donors (Lipinski definition) is 0. The summed E-state index contributed by atoms with van der Waals surface area (Å²) in [4.78, 5) is 0. The van der Waals surface area contributed by atoms with E-state index in [1.807, 2.05) is 0 Å². The van der Waals surface area contributed by atoms with E-state index in [1.54, 1.807) is 23.3 Å². The van der Waals surface area contributed by atoms with Crippen LogP contribution in [0.3, 0.4) is 0 Å². The van der Waals surface area contributed by atoms with E-state index >= 15 is 0 Å². The minimum absolute atomic E-state index is 0. The fraction of sp³-hybridized carbons (Fsp3) is 0.211. The molecule has 2 atom stereocenters. The summed E-state index contributed by atoms with van der Waals surface area (Å²) in [5.41, 5.74) is 11.0. The Hall–Kier alpha value is -2.22. The molecule has 2 aromatic rings. The van der Waals surface area contributed by atoms with Gasteiger partial charge in [-0.1, -0.05) is 135 Å². The average Bonchev–Trinajstić information content (AvgIpc) is 3.45. The molecule has 0 bridgehead atoms. The van der Waals surface area contributed by atoms with Gasteiger partial charge in [-0.15, -0.1) is 35.5 Å². The second-order valence-electron chi connectivity index (χ2n) is 10.5. The van der Waals surface area contributed by atoms with E-state index < -0.39 is 0 Å². The summed E-state index contributed by atoms with van der Waals surface area (Å²) in [6.45, 7) is 9.10. The maximum absolute atomic E-state index is 2.40. The fourth-order valence-electron chi connectivity index (χ4n) is 5.15. The standard InChI is InChI=1S/2C18H17.C2H6Si.2ClH.Zr/c2*1-2-14-12-16-10-6-7-11-17(18(16)13-14)15-8-4-3-5-9-15;1-3-2;;;/h2*3-14H,2H2,1H3;1-2H3;2*1H;/q2*-1;;;;+2/p-2. The van der Waals surface area contributed by atoms with Crippen molar-refractivity contribution in [3.63, 3.8) is 0 Å². The monoisotopic (exact) mass is 684 g/mol. The Balaban J connectivity index is 0.000000250. The zero-order valence-corrected chi connectivity index (χ0v) is 30.0. The van der Waals surface area contributed by atoms with Crippen LogP contribution in [0, 0.1) is 24.7 Å².